The van der Waals surface area contributed by atoms with Gasteiger partial charge in [-0.05, 0) is 43.2 Å². The average Bonchev–Trinajstić information content (AvgIpc) is 3.30. The fraction of sp³-hybridized carbons (Fsp3) is 0.238. The van der Waals surface area contributed by atoms with Crippen LogP contribution in [0.1, 0.15) is 23.3 Å². The summed E-state index contributed by atoms with van der Waals surface area (Å²) in [5.41, 5.74) is 0.832. The number of aromatic nitrogens is 2. The molecule has 3 aromatic rings. The van der Waals surface area contributed by atoms with E-state index in [0.29, 0.717) is 31.6 Å². The van der Waals surface area contributed by atoms with E-state index in [1.54, 1.807) is 59.6 Å². The number of hydrogen-bond donors (Lipinski definition) is 1. The van der Waals surface area contributed by atoms with Crippen LogP contribution in [0.2, 0.25) is 0 Å². The number of nitrogens with one attached hydrogen (secondary N) is 1. The summed E-state index contributed by atoms with van der Waals surface area (Å²) in [4.78, 5) is 25.0. The van der Waals surface area contributed by atoms with Crippen LogP contribution in [0.3, 0.4) is 0 Å². The van der Waals surface area contributed by atoms with E-state index in [4.69, 9.17) is 0 Å². The van der Waals surface area contributed by atoms with Gasteiger partial charge in [0, 0.05) is 37.5 Å². The predicted octanol–water partition coefficient (Wildman–Crippen LogP) is 2.36. The lowest BCUT2D eigenvalue weighted by molar-refractivity contribution is -0.384. The van der Waals surface area contributed by atoms with Crippen molar-refractivity contribution in [3.63, 3.8) is 0 Å². The van der Waals surface area contributed by atoms with Gasteiger partial charge in [-0.25, -0.2) is 17.8 Å². The Kier molecular flexibility index (Phi) is 6.01. The van der Waals surface area contributed by atoms with E-state index < -0.39 is 14.9 Å². The maximum Gasteiger partial charge on any atom is 0.274 e. The highest BCUT2D eigenvalue weighted by atomic mass is 32.2. The summed E-state index contributed by atoms with van der Waals surface area (Å²) in [6.07, 6.45) is 2.62. The lowest BCUT2D eigenvalue weighted by Crippen LogP contribution is -2.46. The van der Waals surface area contributed by atoms with Gasteiger partial charge in [0.1, 0.15) is 0 Å². The Bertz CT molecular complexity index is 1220. The number of nitro benzene ring substituents is 1. The van der Waals surface area contributed by atoms with E-state index in [1.165, 1.54) is 16.8 Å². The second-order valence-electron chi connectivity index (χ2n) is 7.42. The van der Waals surface area contributed by atoms with Gasteiger partial charge in [0.2, 0.25) is 10.0 Å². The Morgan fingerprint density at radius 3 is 2.31 bits per heavy atom. The number of sulfonamides is 1. The Morgan fingerprint density at radius 1 is 1.03 bits per heavy atom. The lowest BCUT2D eigenvalue weighted by Gasteiger charge is -2.31. The first-order chi connectivity index (χ1) is 15.3. The second kappa shape index (κ2) is 8.89. The summed E-state index contributed by atoms with van der Waals surface area (Å²) in [7, 11) is -3.60. The van der Waals surface area contributed by atoms with Crippen LogP contribution in [0.4, 0.5) is 5.69 Å². The van der Waals surface area contributed by atoms with Gasteiger partial charge in [0.05, 0.1) is 15.5 Å². The highest BCUT2D eigenvalue weighted by Gasteiger charge is 2.28. The van der Waals surface area contributed by atoms with Gasteiger partial charge in [0.25, 0.3) is 11.6 Å². The van der Waals surface area contributed by atoms with Gasteiger partial charge in [-0.15, -0.1) is 0 Å². The topological polar surface area (TPSA) is 127 Å². The normalized spacial score (nSPS) is 14.9. The zero-order chi connectivity index (χ0) is 22.7. The second-order valence-corrected chi connectivity index (χ2v) is 9.13. The van der Waals surface area contributed by atoms with Crippen LogP contribution in [0, 0.1) is 10.1 Å². The fourth-order valence-corrected chi connectivity index (χ4v) is 4.88. The van der Waals surface area contributed by atoms with Gasteiger partial charge in [-0.1, -0.05) is 18.2 Å². The number of non-ortho nitro benzene ring substituents is 1. The molecule has 1 aliphatic rings. The van der Waals surface area contributed by atoms with Crippen molar-refractivity contribution in [1.82, 2.24) is 19.4 Å². The first kappa shape index (κ1) is 21.7. The zero-order valence-electron chi connectivity index (χ0n) is 17.0. The monoisotopic (exact) mass is 455 g/mol. The molecule has 4 rings (SSSR count). The molecule has 1 amide bonds. The molecular formula is C21H21N5O5S. The molecule has 166 valence electrons. The molecule has 0 aliphatic carbocycles. The molecule has 32 heavy (non-hydrogen) atoms. The van der Waals surface area contributed by atoms with Crippen LogP contribution >= 0.6 is 0 Å². The fourth-order valence-electron chi connectivity index (χ4n) is 3.56. The molecule has 1 fully saturated rings. The summed E-state index contributed by atoms with van der Waals surface area (Å²) >= 11 is 0. The van der Waals surface area contributed by atoms with E-state index in [2.05, 4.69) is 9.82 Å². The minimum atomic E-state index is -3.60. The number of carbonyl (C=O) groups excluding carboxylic acids is 1. The number of benzene rings is 2. The van der Waals surface area contributed by atoms with Gasteiger partial charge in [-0.2, -0.15) is 5.10 Å². The quantitative estimate of drug-likeness (QED) is 0.449. The van der Waals surface area contributed by atoms with Crippen LogP contribution in [0.5, 0.6) is 0 Å². The van der Waals surface area contributed by atoms with Crippen LogP contribution in [-0.2, 0) is 10.0 Å². The highest BCUT2D eigenvalue weighted by Crippen LogP contribution is 2.18. The van der Waals surface area contributed by atoms with Crippen molar-refractivity contribution in [1.29, 1.82) is 0 Å². The van der Waals surface area contributed by atoms with Gasteiger partial charge in [0.15, 0.2) is 5.69 Å². The first-order valence-electron chi connectivity index (χ1n) is 10.0. The lowest BCUT2D eigenvalue weighted by atomic mass is 10.1. The predicted molar refractivity (Wildman–Crippen MR) is 116 cm³/mol. The van der Waals surface area contributed by atoms with Crippen LogP contribution in [0.25, 0.3) is 5.69 Å². The molecule has 1 N–H and O–H groups in total. The first-order valence-corrected chi connectivity index (χ1v) is 11.5. The SMILES string of the molecule is O=C(c1ccn(-c2ccc([N+](=O)[O-])cc2)n1)N1CCC(NS(=O)(=O)c2ccccc2)CC1. The number of hydrogen-bond acceptors (Lipinski definition) is 6. The Morgan fingerprint density at radius 2 is 1.69 bits per heavy atom. The highest BCUT2D eigenvalue weighted by molar-refractivity contribution is 7.89. The molecule has 0 saturated carbocycles. The molecule has 0 spiro atoms. The number of rotatable bonds is 6. The molecule has 0 bridgehead atoms. The van der Waals surface area contributed by atoms with Gasteiger partial charge in [-0.3, -0.25) is 14.9 Å². The third-order valence-corrected chi connectivity index (χ3v) is 6.83. The van der Waals surface area contributed by atoms with Crippen molar-refractivity contribution in [3.05, 3.63) is 82.7 Å². The van der Waals surface area contributed by atoms with Gasteiger partial charge >= 0.3 is 0 Å². The summed E-state index contributed by atoms with van der Waals surface area (Å²) in [5.74, 6) is -0.241. The average molecular weight is 455 g/mol. The summed E-state index contributed by atoms with van der Waals surface area (Å²) in [6.45, 7) is 0.816. The third kappa shape index (κ3) is 4.68. The molecule has 1 saturated heterocycles. The van der Waals surface area contributed by atoms with E-state index in [0.717, 1.165) is 0 Å². The number of nitrogens with zero attached hydrogens (tertiary/aromatic N) is 4. The van der Waals surface area contributed by atoms with Crippen molar-refractivity contribution in [3.8, 4) is 5.69 Å². The molecule has 1 aromatic heterocycles. The standard InChI is InChI=1S/C21H21N5O5S/c27-21(20-12-15-25(22-20)17-6-8-18(9-7-17)26(28)29)24-13-10-16(11-14-24)23-32(30,31)19-4-2-1-3-5-19/h1-9,12,15-16,23H,10-11,13-14H2. The maximum atomic E-state index is 12.8. The number of carbonyl (C=O) groups is 1. The zero-order valence-corrected chi connectivity index (χ0v) is 17.8. The molecule has 11 heteroatoms. The van der Waals surface area contributed by atoms with Crippen molar-refractivity contribution >= 4 is 21.6 Å². The summed E-state index contributed by atoms with van der Waals surface area (Å²) in [6, 6.07) is 15.4. The van der Waals surface area contributed by atoms with Crippen molar-refractivity contribution in [2.75, 3.05) is 13.1 Å². The molecule has 10 nitrogen and oxygen atoms in total. The van der Waals surface area contributed by atoms with Crippen LogP contribution in [0.15, 0.2) is 71.8 Å². The van der Waals surface area contributed by atoms with E-state index in [-0.39, 0.29) is 28.2 Å². The largest absolute Gasteiger partial charge is 0.337 e. The molecular weight excluding hydrogens is 434 g/mol. The summed E-state index contributed by atoms with van der Waals surface area (Å²) in [5, 5.41) is 15.1. The van der Waals surface area contributed by atoms with Crippen LogP contribution in [-0.4, -0.2) is 53.1 Å². The number of piperidine rings is 1. The number of likely N-dealkylation sites (tertiary alicyclic amines) is 1. The number of nitro groups is 1. The smallest absolute Gasteiger partial charge is 0.274 e. The Hall–Kier alpha value is -3.57. The Labute approximate surface area is 184 Å². The van der Waals surface area contributed by atoms with Crippen LogP contribution < -0.4 is 4.72 Å². The van der Waals surface area contributed by atoms with Gasteiger partial charge < -0.3 is 4.90 Å². The van der Waals surface area contributed by atoms with E-state index in [1.807, 2.05) is 0 Å². The Balaban J connectivity index is 1.36. The van der Waals surface area contributed by atoms with Crippen molar-refractivity contribution in [2.45, 2.75) is 23.8 Å². The summed E-state index contributed by atoms with van der Waals surface area (Å²) < 4.78 is 29.2. The molecule has 2 heterocycles. The minimum Gasteiger partial charge on any atom is -0.337 e. The third-order valence-electron chi connectivity index (χ3n) is 5.29. The molecule has 0 radical (unpaired) electrons. The van der Waals surface area contributed by atoms with Crippen molar-refractivity contribution < 1.29 is 18.1 Å². The van der Waals surface area contributed by atoms with E-state index >= 15 is 0 Å². The van der Waals surface area contributed by atoms with E-state index in [9.17, 15) is 23.3 Å². The molecule has 2 aromatic carbocycles. The minimum absolute atomic E-state index is 0.0250. The molecule has 0 unspecified atom stereocenters. The van der Waals surface area contributed by atoms with Crippen molar-refractivity contribution in [2.24, 2.45) is 0 Å². The molecule has 0 atom stereocenters. The maximum absolute atomic E-state index is 12.8. The molecule has 1 aliphatic heterocycles. The number of amides is 1.